The van der Waals surface area contributed by atoms with E-state index in [1.165, 1.54) is 0 Å². The lowest BCUT2D eigenvalue weighted by Crippen LogP contribution is -2.11. The van der Waals surface area contributed by atoms with Crippen LogP contribution >= 0.6 is 0 Å². The van der Waals surface area contributed by atoms with Crippen LogP contribution < -0.4 is 10.1 Å². The number of methoxy groups -OCH3 is 1. The number of anilines is 1. The fourth-order valence-electron chi connectivity index (χ4n) is 1.26. The molecule has 3 heteroatoms. The second-order valence-electron chi connectivity index (χ2n) is 3.58. The van der Waals surface area contributed by atoms with Gasteiger partial charge >= 0.3 is 0 Å². The third-order valence-electron chi connectivity index (χ3n) is 1.87. The minimum atomic E-state index is 0.190. The van der Waals surface area contributed by atoms with Crippen molar-refractivity contribution in [3.05, 3.63) is 24.3 Å². The maximum Gasteiger partial charge on any atom is 0.142 e. The Labute approximate surface area is 91.4 Å². The molecular weight excluding hydrogens is 190 g/mol. The number of rotatable bonds is 6. The molecule has 84 valence electrons. The molecule has 1 aromatic rings. The summed E-state index contributed by atoms with van der Waals surface area (Å²) in [7, 11) is 1.69. The Balaban J connectivity index is 2.60. The summed E-state index contributed by atoms with van der Waals surface area (Å²) in [6.07, 6.45) is 0.190. The molecule has 1 N–H and O–H groups in total. The van der Waals surface area contributed by atoms with Crippen molar-refractivity contribution >= 4 is 5.69 Å². The van der Waals surface area contributed by atoms with Crippen molar-refractivity contribution in [1.82, 2.24) is 0 Å². The molecule has 0 aromatic heterocycles. The van der Waals surface area contributed by atoms with Gasteiger partial charge in [-0.05, 0) is 26.0 Å². The van der Waals surface area contributed by atoms with Gasteiger partial charge in [-0.15, -0.1) is 0 Å². The van der Waals surface area contributed by atoms with Gasteiger partial charge in [-0.25, -0.2) is 0 Å². The van der Waals surface area contributed by atoms with Crippen molar-refractivity contribution in [2.24, 2.45) is 0 Å². The molecule has 0 amide bonds. The summed E-state index contributed by atoms with van der Waals surface area (Å²) < 4.78 is 10.7. The van der Waals surface area contributed by atoms with Crippen LogP contribution in [0.15, 0.2) is 24.3 Å². The molecule has 0 aliphatic rings. The Morgan fingerprint density at radius 3 is 2.67 bits per heavy atom. The fraction of sp³-hybridized carbons (Fsp3) is 0.500. The van der Waals surface area contributed by atoms with Gasteiger partial charge in [0.15, 0.2) is 0 Å². The average molecular weight is 209 g/mol. The first kappa shape index (κ1) is 11.9. The van der Waals surface area contributed by atoms with Crippen LogP contribution in [0.25, 0.3) is 0 Å². The predicted octanol–water partition coefficient (Wildman–Crippen LogP) is 2.53. The summed E-state index contributed by atoms with van der Waals surface area (Å²) in [5.41, 5.74) is 1.02. The maximum atomic E-state index is 5.67. The number of hydrogen-bond donors (Lipinski definition) is 1. The average Bonchev–Trinajstić information content (AvgIpc) is 2.20. The van der Waals surface area contributed by atoms with E-state index in [1.807, 2.05) is 38.1 Å². The molecule has 1 aromatic carbocycles. The Hall–Kier alpha value is -1.22. The fourth-order valence-corrected chi connectivity index (χ4v) is 1.26. The van der Waals surface area contributed by atoms with Crippen molar-refractivity contribution in [3.63, 3.8) is 0 Å². The standard InChI is InChI=1S/C12H19NO2/c1-10(2)15-12-7-5-4-6-11(12)13-8-9-14-3/h4-7,10,13H,8-9H2,1-3H3. The van der Waals surface area contributed by atoms with E-state index in [9.17, 15) is 0 Å². The second-order valence-corrected chi connectivity index (χ2v) is 3.58. The SMILES string of the molecule is COCCNc1ccccc1OC(C)C. The third-order valence-corrected chi connectivity index (χ3v) is 1.87. The second kappa shape index (κ2) is 6.30. The monoisotopic (exact) mass is 209 g/mol. The Morgan fingerprint density at radius 2 is 2.00 bits per heavy atom. The summed E-state index contributed by atoms with van der Waals surface area (Å²) in [6, 6.07) is 7.93. The lowest BCUT2D eigenvalue weighted by atomic mass is 10.3. The van der Waals surface area contributed by atoms with Gasteiger partial charge < -0.3 is 14.8 Å². The van der Waals surface area contributed by atoms with E-state index in [0.29, 0.717) is 6.61 Å². The van der Waals surface area contributed by atoms with Gasteiger partial charge in [0.25, 0.3) is 0 Å². The third kappa shape index (κ3) is 4.21. The van der Waals surface area contributed by atoms with Crippen LogP contribution in [0.3, 0.4) is 0 Å². The molecule has 0 spiro atoms. The van der Waals surface area contributed by atoms with E-state index in [2.05, 4.69) is 5.32 Å². The van der Waals surface area contributed by atoms with Crippen LogP contribution in [0.1, 0.15) is 13.8 Å². The summed E-state index contributed by atoms with van der Waals surface area (Å²) >= 11 is 0. The summed E-state index contributed by atoms with van der Waals surface area (Å²) in [4.78, 5) is 0. The normalized spacial score (nSPS) is 10.4. The van der Waals surface area contributed by atoms with Crippen molar-refractivity contribution < 1.29 is 9.47 Å². The summed E-state index contributed by atoms with van der Waals surface area (Å²) in [5, 5.41) is 3.27. The molecule has 0 heterocycles. The molecule has 3 nitrogen and oxygen atoms in total. The van der Waals surface area contributed by atoms with Gasteiger partial charge in [0.05, 0.1) is 18.4 Å². The van der Waals surface area contributed by atoms with Gasteiger partial charge in [-0.1, -0.05) is 12.1 Å². The van der Waals surface area contributed by atoms with Crippen LogP contribution in [0.4, 0.5) is 5.69 Å². The highest BCUT2D eigenvalue weighted by Gasteiger charge is 2.03. The first-order chi connectivity index (χ1) is 7.24. The molecule has 0 fully saturated rings. The van der Waals surface area contributed by atoms with Crippen molar-refractivity contribution in [2.45, 2.75) is 20.0 Å². The van der Waals surface area contributed by atoms with Crippen LogP contribution in [0.5, 0.6) is 5.75 Å². The Bertz CT molecular complexity index is 287. The zero-order valence-corrected chi connectivity index (χ0v) is 9.62. The summed E-state index contributed by atoms with van der Waals surface area (Å²) in [6.45, 7) is 5.52. The highest BCUT2D eigenvalue weighted by atomic mass is 16.5. The highest BCUT2D eigenvalue weighted by Crippen LogP contribution is 2.24. The minimum absolute atomic E-state index is 0.190. The highest BCUT2D eigenvalue weighted by molar-refractivity contribution is 5.56. The molecule has 0 atom stereocenters. The predicted molar refractivity (Wildman–Crippen MR) is 62.6 cm³/mol. The van der Waals surface area contributed by atoms with Gasteiger partial charge in [0.1, 0.15) is 5.75 Å². The van der Waals surface area contributed by atoms with Crippen LogP contribution in [-0.2, 0) is 4.74 Å². The zero-order valence-electron chi connectivity index (χ0n) is 9.62. The Morgan fingerprint density at radius 1 is 1.27 bits per heavy atom. The summed E-state index contributed by atoms with van der Waals surface area (Å²) in [5.74, 6) is 0.892. The molecule has 0 saturated heterocycles. The van der Waals surface area contributed by atoms with Crippen molar-refractivity contribution in [3.8, 4) is 5.75 Å². The molecule has 0 aliphatic heterocycles. The maximum absolute atomic E-state index is 5.67. The van der Waals surface area contributed by atoms with E-state index >= 15 is 0 Å². The van der Waals surface area contributed by atoms with Crippen LogP contribution in [-0.4, -0.2) is 26.4 Å². The molecule has 0 saturated carbocycles. The number of nitrogens with one attached hydrogen (secondary N) is 1. The van der Waals surface area contributed by atoms with Gasteiger partial charge in [-0.2, -0.15) is 0 Å². The topological polar surface area (TPSA) is 30.5 Å². The molecule has 1 rings (SSSR count). The van der Waals surface area contributed by atoms with Crippen LogP contribution in [0.2, 0.25) is 0 Å². The minimum Gasteiger partial charge on any atom is -0.489 e. The molecule has 0 unspecified atom stereocenters. The molecule has 0 radical (unpaired) electrons. The number of ether oxygens (including phenoxy) is 2. The first-order valence-corrected chi connectivity index (χ1v) is 5.22. The van der Waals surface area contributed by atoms with E-state index in [-0.39, 0.29) is 6.10 Å². The number of benzene rings is 1. The van der Waals surface area contributed by atoms with E-state index in [1.54, 1.807) is 7.11 Å². The van der Waals surface area contributed by atoms with Gasteiger partial charge in [0.2, 0.25) is 0 Å². The number of hydrogen-bond acceptors (Lipinski definition) is 3. The smallest absolute Gasteiger partial charge is 0.142 e. The molecular formula is C12H19NO2. The van der Waals surface area contributed by atoms with E-state index in [0.717, 1.165) is 18.0 Å². The Kier molecular flexibility index (Phi) is 4.98. The number of para-hydroxylation sites is 2. The zero-order chi connectivity index (χ0) is 11.1. The van der Waals surface area contributed by atoms with E-state index in [4.69, 9.17) is 9.47 Å². The quantitative estimate of drug-likeness (QED) is 0.730. The largest absolute Gasteiger partial charge is 0.489 e. The van der Waals surface area contributed by atoms with Crippen LogP contribution in [0, 0.1) is 0 Å². The molecule has 0 aliphatic carbocycles. The van der Waals surface area contributed by atoms with Crippen molar-refractivity contribution in [1.29, 1.82) is 0 Å². The molecule has 15 heavy (non-hydrogen) atoms. The van der Waals surface area contributed by atoms with Crippen molar-refractivity contribution in [2.75, 3.05) is 25.6 Å². The lowest BCUT2D eigenvalue weighted by Gasteiger charge is -2.15. The van der Waals surface area contributed by atoms with Gasteiger partial charge in [0, 0.05) is 13.7 Å². The first-order valence-electron chi connectivity index (χ1n) is 5.22. The lowest BCUT2D eigenvalue weighted by molar-refractivity contribution is 0.210. The molecule has 0 bridgehead atoms. The van der Waals surface area contributed by atoms with Gasteiger partial charge in [-0.3, -0.25) is 0 Å². The van der Waals surface area contributed by atoms with E-state index < -0.39 is 0 Å².